The molecule has 0 unspecified atom stereocenters. The summed E-state index contributed by atoms with van der Waals surface area (Å²) in [4.78, 5) is 20.9. The highest BCUT2D eigenvalue weighted by atomic mass is 79.9. The summed E-state index contributed by atoms with van der Waals surface area (Å²) in [5, 5.41) is 10.6. The molecule has 0 aliphatic carbocycles. The molecule has 5 nitrogen and oxygen atoms in total. The van der Waals surface area contributed by atoms with E-state index in [1.165, 1.54) is 6.07 Å². The molecular weight excluding hydrogens is 252 g/mol. The quantitative estimate of drug-likeness (QED) is 0.648. The molecule has 2 N–H and O–H groups in total. The van der Waals surface area contributed by atoms with Gasteiger partial charge in [0.1, 0.15) is 5.56 Å². The summed E-state index contributed by atoms with van der Waals surface area (Å²) in [5.74, 6) is -0.790. The lowest BCUT2D eigenvalue weighted by atomic mass is 10.1. The number of carbonyl (C=O) groups excluding carboxylic acids is 1. The molecule has 0 heterocycles. The van der Waals surface area contributed by atoms with Crippen LogP contribution < -0.4 is 5.73 Å². The van der Waals surface area contributed by atoms with Crippen molar-refractivity contribution in [3.63, 3.8) is 0 Å². The molecular formula is C8H7BrN2O3. The van der Waals surface area contributed by atoms with Gasteiger partial charge in [-0.2, -0.15) is 0 Å². The third-order valence-electron chi connectivity index (χ3n) is 1.72. The molecule has 0 aliphatic heterocycles. The Bertz CT molecular complexity index is 417. The number of primary amides is 1. The van der Waals surface area contributed by atoms with Gasteiger partial charge in [-0.1, -0.05) is 15.9 Å². The molecule has 0 spiro atoms. The van der Waals surface area contributed by atoms with Crippen LogP contribution in [0.2, 0.25) is 0 Å². The normalized spacial score (nSPS) is 9.86. The molecule has 0 fully saturated rings. The first kappa shape index (κ1) is 10.6. The molecule has 0 atom stereocenters. The van der Waals surface area contributed by atoms with Crippen molar-refractivity contribution in [3.8, 4) is 0 Å². The third kappa shape index (κ3) is 1.90. The highest BCUT2D eigenvalue weighted by Crippen LogP contribution is 2.26. The van der Waals surface area contributed by atoms with E-state index < -0.39 is 10.8 Å². The predicted octanol–water partition coefficient (Wildman–Crippen LogP) is 1.76. The van der Waals surface area contributed by atoms with Crippen molar-refractivity contribution in [3.05, 3.63) is 37.8 Å². The number of rotatable bonds is 2. The second-order valence-corrected chi connectivity index (χ2v) is 3.65. The van der Waals surface area contributed by atoms with Crippen LogP contribution >= 0.6 is 15.9 Å². The first-order chi connectivity index (χ1) is 6.43. The van der Waals surface area contributed by atoms with E-state index in [1.54, 1.807) is 13.0 Å². The van der Waals surface area contributed by atoms with Gasteiger partial charge in [0, 0.05) is 10.5 Å². The fourth-order valence-corrected chi connectivity index (χ4v) is 1.75. The van der Waals surface area contributed by atoms with Gasteiger partial charge in [-0.3, -0.25) is 14.9 Å². The van der Waals surface area contributed by atoms with Gasteiger partial charge in [-0.25, -0.2) is 0 Å². The Kier molecular flexibility index (Phi) is 2.85. The maximum Gasteiger partial charge on any atom is 0.283 e. The molecule has 1 rings (SSSR count). The van der Waals surface area contributed by atoms with E-state index in [1.807, 2.05) is 0 Å². The van der Waals surface area contributed by atoms with Crippen molar-refractivity contribution in [2.45, 2.75) is 6.92 Å². The number of amides is 1. The highest BCUT2D eigenvalue weighted by Gasteiger charge is 2.21. The molecule has 0 saturated heterocycles. The smallest absolute Gasteiger partial charge is 0.283 e. The molecule has 14 heavy (non-hydrogen) atoms. The Morgan fingerprint density at radius 3 is 2.57 bits per heavy atom. The van der Waals surface area contributed by atoms with E-state index in [2.05, 4.69) is 15.9 Å². The Balaban J connectivity index is 3.52. The van der Waals surface area contributed by atoms with E-state index in [-0.39, 0.29) is 11.3 Å². The van der Waals surface area contributed by atoms with Crippen molar-refractivity contribution in [2.75, 3.05) is 0 Å². The molecule has 6 heteroatoms. The van der Waals surface area contributed by atoms with Gasteiger partial charge in [-0.05, 0) is 18.6 Å². The zero-order valence-electron chi connectivity index (χ0n) is 7.28. The molecule has 0 bridgehead atoms. The number of nitrogens with two attached hydrogens (primary N) is 1. The maximum atomic E-state index is 11.0. The topological polar surface area (TPSA) is 86.2 Å². The van der Waals surface area contributed by atoms with Crippen molar-refractivity contribution >= 4 is 27.5 Å². The summed E-state index contributed by atoms with van der Waals surface area (Å²) >= 11 is 3.11. The average molecular weight is 259 g/mol. The summed E-state index contributed by atoms with van der Waals surface area (Å²) in [6.07, 6.45) is 0. The molecule has 0 saturated carbocycles. The molecule has 74 valence electrons. The second-order valence-electron chi connectivity index (χ2n) is 2.74. The van der Waals surface area contributed by atoms with Gasteiger partial charge in [0.25, 0.3) is 11.6 Å². The monoisotopic (exact) mass is 258 g/mol. The minimum atomic E-state index is -0.790. The second kappa shape index (κ2) is 3.75. The van der Waals surface area contributed by atoms with Crippen LogP contribution in [0.1, 0.15) is 15.9 Å². The van der Waals surface area contributed by atoms with E-state index >= 15 is 0 Å². The Morgan fingerprint density at radius 2 is 2.14 bits per heavy atom. The number of benzene rings is 1. The number of aryl methyl sites for hydroxylation is 1. The SMILES string of the molecule is Cc1cc(Br)cc([N+](=O)[O-])c1C(N)=O. The maximum absolute atomic E-state index is 11.0. The first-order valence-electron chi connectivity index (χ1n) is 3.68. The summed E-state index contributed by atoms with van der Waals surface area (Å²) in [6, 6.07) is 2.86. The van der Waals surface area contributed by atoms with Gasteiger partial charge >= 0.3 is 0 Å². The van der Waals surface area contributed by atoms with E-state index in [0.717, 1.165) is 0 Å². The Labute approximate surface area is 88.2 Å². The lowest BCUT2D eigenvalue weighted by Gasteiger charge is -2.03. The highest BCUT2D eigenvalue weighted by molar-refractivity contribution is 9.10. The van der Waals surface area contributed by atoms with Crippen LogP contribution in [0.4, 0.5) is 5.69 Å². The standard InChI is InChI=1S/C8H7BrN2O3/c1-4-2-5(9)3-6(11(13)14)7(4)8(10)12/h2-3H,1H3,(H2,10,12). The van der Waals surface area contributed by atoms with E-state index in [0.29, 0.717) is 10.0 Å². The number of nitro benzene ring substituents is 1. The van der Waals surface area contributed by atoms with E-state index in [9.17, 15) is 14.9 Å². The van der Waals surface area contributed by atoms with Crippen molar-refractivity contribution in [1.82, 2.24) is 0 Å². The zero-order chi connectivity index (χ0) is 10.9. The van der Waals surface area contributed by atoms with Gasteiger partial charge in [0.2, 0.25) is 0 Å². The number of nitro groups is 1. The largest absolute Gasteiger partial charge is 0.365 e. The van der Waals surface area contributed by atoms with Crippen LogP contribution in [0.15, 0.2) is 16.6 Å². The number of hydrogen-bond donors (Lipinski definition) is 1. The number of carbonyl (C=O) groups is 1. The summed E-state index contributed by atoms with van der Waals surface area (Å²) in [5.41, 5.74) is 5.21. The van der Waals surface area contributed by atoms with Crippen LogP contribution in [0.3, 0.4) is 0 Å². The van der Waals surface area contributed by atoms with E-state index in [4.69, 9.17) is 5.73 Å². The first-order valence-corrected chi connectivity index (χ1v) is 4.47. The molecule has 1 aromatic carbocycles. The fraction of sp³-hybridized carbons (Fsp3) is 0.125. The van der Waals surface area contributed by atoms with Crippen LogP contribution in [-0.2, 0) is 0 Å². The average Bonchev–Trinajstić information content (AvgIpc) is 2.01. The predicted molar refractivity (Wildman–Crippen MR) is 54.1 cm³/mol. The number of halogens is 1. The lowest BCUT2D eigenvalue weighted by molar-refractivity contribution is -0.385. The molecule has 1 amide bonds. The minimum absolute atomic E-state index is 0.0433. The van der Waals surface area contributed by atoms with Gasteiger partial charge in [0.15, 0.2) is 0 Å². The Hall–Kier alpha value is -1.43. The van der Waals surface area contributed by atoms with Gasteiger partial charge in [0.05, 0.1) is 4.92 Å². The van der Waals surface area contributed by atoms with Crippen molar-refractivity contribution in [2.24, 2.45) is 5.73 Å². The molecule has 0 aliphatic rings. The summed E-state index contributed by atoms with van der Waals surface area (Å²) < 4.78 is 0.548. The van der Waals surface area contributed by atoms with Crippen LogP contribution in [-0.4, -0.2) is 10.8 Å². The van der Waals surface area contributed by atoms with Crippen molar-refractivity contribution in [1.29, 1.82) is 0 Å². The Morgan fingerprint density at radius 1 is 1.57 bits per heavy atom. The molecule has 0 radical (unpaired) electrons. The van der Waals surface area contributed by atoms with Crippen LogP contribution in [0, 0.1) is 17.0 Å². The summed E-state index contributed by atoms with van der Waals surface area (Å²) in [7, 11) is 0. The third-order valence-corrected chi connectivity index (χ3v) is 2.18. The van der Waals surface area contributed by atoms with Gasteiger partial charge in [-0.15, -0.1) is 0 Å². The lowest BCUT2D eigenvalue weighted by Crippen LogP contribution is -2.15. The fourth-order valence-electron chi connectivity index (χ4n) is 1.19. The zero-order valence-corrected chi connectivity index (χ0v) is 8.87. The number of hydrogen-bond acceptors (Lipinski definition) is 3. The minimum Gasteiger partial charge on any atom is -0.365 e. The van der Waals surface area contributed by atoms with Crippen LogP contribution in [0.25, 0.3) is 0 Å². The van der Waals surface area contributed by atoms with Crippen LogP contribution in [0.5, 0.6) is 0 Å². The summed E-state index contributed by atoms with van der Waals surface area (Å²) in [6.45, 7) is 1.60. The molecule has 0 aromatic heterocycles. The number of nitrogens with zero attached hydrogens (tertiary/aromatic N) is 1. The molecule has 1 aromatic rings. The van der Waals surface area contributed by atoms with Crippen molar-refractivity contribution < 1.29 is 9.72 Å². The van der Waals surface area contributed by atoms with Gasteiger partial charge < -0.3 is 5.73 Å².